The molecule has 4 aromatic rings. The minimum atomic E-state index is -1.68. The van der Waals surface area contributed by atoms with E-state index in [4.69, 9.17) is 28.0 Å². The summed E-state index contributed by atoms with van der Waals surface area (Å²) >= 11 is 0. The van der Waals surface area contributed by atoms with Crippen LogP contribution in [-0.4, -0.2) is 65.9 Å². The molecule has 0 saturated carbocycles. The van der Waals surface area contributed by atoms with Crippen molar-refractivity contribution in [1.29, 1.82) is 5.26 Å². The fourth-order valence-electron chi connectivity index (χ4n) is 6.64. The smallest absolute Gasteiger partial charge is 0.330 e. The van der Waals surface area contributed by atoms with Crippen molar-refractivity contribution in [2.75, 3.05) is 27.4 Å². The topological polar surface area (TPSA) is 137 Å². The number of aromatic amines is 1. The Kier molecular flexibility index (Phi) is 13.6. The number of hydrogen-bond donors (Lipinski definition) is 1. The van der Waals surface area contributed by atoms with E-state index in [9.17, 15) is 14.9 Å². The van der Waals surface area contributed by atoms with Gasteiger partial charge in [-0.1, -0.05) is 54.6 Å². The molecule has 13 heteroatoms. The van der Waals surface area contributed by atoms with Gasteiger partial charge in [-0.05, 0) is 75.6 Å². The van der Waals surface area contributed by atoms with Crippen LogP contribution in [0.4, 0.5) is 0 Å². The molecule has 0 amide bonds. The van der Waals surface area contributed by atoms with Gasteiger partial charge in [0.2, 0.25) is 0 Å². The first-order chi connectivity index (χ1) is 25.5. The van der Waals surface area contributed by atoms with Crippen molar-refractivity contribution in [3.05, 3.63) is 128 Å². The Morgan fingerprint density at radius 2 is 1.49 bits per heavy atom. The number of nitrogens with zero attached hydrogens (tertiary/aromatic N) is 3. The van der Waals surface area contributed by atoms with Gasteiger partial charge in [-0.15, -0.1) is 0 Å². The van der Waals surface area contributed by atoms with Gasteiger partial charge in [-0.2, -0.15) is 5.26 Å². The quantitative estimate of drug-likeness (QED) is 0.0697. The summed E-state index contributed by atoms with van der Waals surface area (Å²) in [6, 6.07) is 27.8. The second-order valence-electron chi connectivity index (χ2n) is 13.4. The summed E-state index contributed by atoms with van der Waals surface area (Å²) < 4.78 is 41.4. The molecule has 0 spiro atoms. The molecule has 1 aliphatic heterocycles. The molecule has 282 valence electrons. The minimum Gasteiger partial charge on any atom is -0.497 e. The summed E-state index contributed by atoms with van der Waals surface area (Å²) in [4.78, 5) is 28.1. The van der Waals surface area contributed by atoms with Gasteiger partial charge in [0.05, 0.1) is 46.0 Å². The normalized spacial score (nSPS) is 18.0. The molecule has 5 rings (SSSR count). The predicted molar refractivity (Wildman–Crippen MR) is 203 cm³/mol. The van der Waals surface area contributed by atoms with Gasteiger partial charge in [0.15, 0.2) is 6.23 Å². The lowest BCUT2D eigenvalue weighted by molar-refractivity contribution is -0.0863. The third-order valence-corrected chi connectivity index (χ3v) is 11.3. The van der Waals surface area contributed by atoms with Crippen LogP contribution in [0.1, 0.15) is 69.0 Å². The number of aryl methyl sites for hydroxylation is 1. The van der Waals surface area contributed by atoms with Gasteiger partial charge in [0.25, 0.3) is 14.1 Å². The van der Waals surface area contributed by atoms with Crippen LogP contribution in [0.5, 0.6) is 11.5 Å². The van der Waals surface area contributed by atoms with Crippen LogP contribution in [0, 0.1) is 18.3 Å². The van der Waals surface area contributed by atoms with Crippen LogP contribution >= 0.6 is 8.53 Å². The lowest BCUT2D eigenvalue weighted by Crippen LogP contribution is -2.38. The number of benzene rings is 3. The van der Waals surface area contributed by atoms with Crippen molar-refractivity contribution in [3.8, 4) is 17.6 Å². The molecule has 0 bridgehead atoms. The van der Waals surface area contributed by atoms with Crippen LogP contribution in [0.25, 0.3) is 0 Å². The highest BCUT2D eigenvalue weighted by Crippen LogP contribution is 2.51. The number of ether oxygens (including phenoxy) is 4. The molecule has 12 nitrogen and oxygen atoms in total. The van der Waals surface area contributed by atoms with Crippen LogP contribution in [0.3, 0.4) is 0 Å². The Morgan fingerprint density at radius 3 is 2.02 bits per heavy atom. The molecule has 1 aromatic heterocycles. The first-order valence-electron chi connectivity index (χ1n) is 17.7. The first-order valence-corrected chi connectivity index (χ1v) is 18.9. The SMILES string of the molecule is COc1ccc(C(OC[C@@H]2C[C@@H](OP(OCCC#N)N(C(C)C)C(C)C)[C@H](n3cc(C)c(=O)[nH]c3=O)O2)(c2ccccc2)c2ccc(OC)cc2)cc1. The number of nitrogens with one attached hydrogen (secondary N) is 1. The Hall–Kier alpha value is -4.34. The van der Waals surface area contributed by atoms with Gasteiger partial charge >= 0.3 is 5.69 Å². The zero-order valence-electron chi connectivity index (χ0n) is 31.4. The van der Waals surface area contributed by atoms with E-state index in [1.54, 1.807) is 21.1 Å². The average molecular weight is 745 g/mol. The third kappa shape index (κ3) is 9.07. The fraction of sp³-hybridized carbons (Fsp3) is 0.425. The lowest BCUT2D eigenvalue weighted by atomic mass is 9.80. The van der Waals surface area contributed by atoms with Gasteiger partial charge < -0.3 is 28.0 Å². The largest absolute Gasteiger partial charge is 0.497 e. The van der Waals surface area contributed by atoms with Gasteiger partial charge in [0, 0.05) is 30.3 Å². The van der Waals surface area contributed by atoms with Crippen molar-refractivity contribution in [2.45, 2.75) is 83.6 Å². The molecule has 3 aromatic carbocycles. The van der Waals surface area contributed by atoms with Gasteiger partial charge in [0.1, 0.15) is 23.2 Å². The molecule has 0 aliphatic carbocycles. The lowest BCUT2D eigenvalue weighted by Gasteiger charge is -2.37. The number of aromatic nitrogens is 2. The molecule has 4 atom stereocenters. The van der Waals surface area contributed by atoms with E-state index >= 15 is 0 Å². The Bertz CT molecular complexity index is 1870. The molecule has 0 radical (unpaired) electrons. The molecular weight excluding hydrogens is 695 g/mol. The molecule has 1 N–H and O–H groups in total. The number of methoxy groups -OCH3 is 2. The van der Waals surface area contributed by atoms with Crippen molar-refractivity contribution in [3.63, 3.8) is 0 Å². The van der Waals surface area contributed by atoms with Crippen LogP contribution in [-0.2, 0) is 24.1 Å². The molecule has 1 fully saturated rings. The first kappa shape index (κ1) is 39.9. The number of nitriles is 1. The van der Waals surface area contributed by atoms with Crippen molar-refractivity contribution in [1.82, 2.24) is 14.2 Å². The fourth-order valence-corrected chi connectivity index (χ4v) is 8.37. The van der Waals surface area contributed by atoms with E-state index in [0.717, 1.165) is 16.7 Å². The van der Waals surface area contributed by atoms with E-state index < -0.39 is 43.8 Å². The number of rotatable bonds is 17. The molecule has 1 saturated heterocycles. The van der Waals surface area contributed by atoms with Crippen molar-refractivity contribution >= 4 is 8.53 Å². The van der Waals surface area contributed by atoms with E-state index in [2.05, 4.69) is 43.4 Å². The molecule has 1 aliphatic rings. The summed E-state index contributed by atoms with van der Waals surface area (Å²) in [5.74, 6) is 1.42. The van der Waals surface area contributed by atoms with Crippen LogP contribution in [0.2, 0.25) is 0 Å². The highest BCUT2D eigenvalue weighted by Gasteiger charge is 2.45. The van der Waals surface area contributed by atoms with E-state index in [1.165, 1.54) is 10.8 Å². The molecule has 53 heavy (non-hydrogen) atoms. The van der Waals surface area contributed by atoms with Crippen molar-refractivity contribution in [2.24, 2.45) is 0 Å². The summed E-state index contributed by atoms with van der Waals surface area (Å²) in [7, 11) is 1.57. The van der Waals surface area contributed by atoms with E-state index in [1.807, 2.05) is 78.9 Å². The number of hydrogen-bond acceptors (Lipinski definition) is 10. The molecular formula is C40H49N4O8P. The second kappa shape index (κ2) is 18.1. The Balaban J connectivity index is 1.56. The second-order valence-corrected chi connectivity index (χ2v) is 14.8. The maximum absolute atomic E-state index is 13.3. The van der Waals surface area contributed by atoms with E-state index in [0.29, 0.717) is 23.5 Å². The third-order valence-electron chi connectivity index (χ3n) is 9.11. The summed E-state index contributed by atoms with van der Waals surface area (Å²) in [5, 5.41) is 9.26. The Morgan fingerprint density at radius 1 is 0.925 bits per heavy atom. The maximum atomic E-state index is 13.3. The summed E-state index contributed by atoms with van der Waals surface area (Å²) in [5.41, 5.74) is 0.793. The molecule has 1 unspecified atom stereocenters. The summed E-state index contributed by atoms with van der Waals surface area (Å²) in [6.45, 7) is 10.2. The van der Waals surface area contributed by atoms with Crippen LogP contribution in [0.15, 0.2) is 94.6 Å². The number of H-pyrrole nitrogens is 1. The molecule has 2 heterocycles. The van der Waals surface area contributed by atoms with Crippen LogP contribution < -0.4 is 20.7 Å². The summed E-state index contributed by atoms with van der Waals surface area (Å²) in [6.07, 6.45) is -0.0971. The highest BCUT2D eigenvalue weighted by molar-refractivity contribution is 7.44. The zero-order valence-corrected chi connectivity index (χ0v) is 32.2. The Labute approximate surface area is 312 Å². The van der Waals surface area contributed by atoms with Gasteiger partial charge in [-0.3, -0.25) is 14.3 Å². The monoisotopic (exact) mass is 744 g/mol. The minimum absolute atomic E-state index is 0.0571. The van der Waals surface area contributed by atoms with Crippen molar-refractivity contribution < 1.29 is 28.0 Å². The maximum Gasteiger partial charge on any atom is 0.330 e. The van der Waals surface area contributed by atoms with E-state index in [-0.39, 0.29) is 31.7 Å². The predicted octanol–water partition coefficient (Wildman–Crippen LogP) is 6.82. The zero-order chi connectivity index (χ0) is 38.1. The van der Waals surface area contributed by atoms with Gasteiger partial charge in [-0.25, -0.2) is 9.46 Å². The standard InChI is InChI=1S/C40H49N4O8P/c1-27(2)44(28(3)4)53(50-23-11-22-41)52-36-24-35(51-38(36)43-25-29(5)37(45)42-39(43)46)26-49-40(30-12-9-8-10-13-30,31-14-18-33(47-6)19-15-31)32-16-20-34(48-7)21-17-32/h8-10,12-21,25,27-28,35-36,38H,11,23-24,26H2,1-7H3,(H,42,45,46)/t35-,36+,38+,53?/m0/s1. The highest BCUT2D eigenvalue weighted by atomic mass is 31.2. The average Bonchev–Trinajstić information content (AvgIpc) is 3.56.